The van der Waals surface area contributed by atoms with Gasteiger partial charge in [-0.2, -0.15) is 0 Å². The van der Waals surface area contributed by atoms with Gasteiger partial charge in [-0.05, 0) is 39.8 Å². The number of aromatic nitrogens is 1. The molecule has 1 N–H and O–H groups in total. The van der Waals surface area contributed by atoms with Crippen LogP contribution in [0.1, 0.15) is 33.4 Å². The minimum absolute atomic E-state index is 0.0849. The second kappa shape index (κ2) is 5.77. The van der Waals surface area contributed by atoms with Crippen molar-refractivity contribution in [1.29, 1.82) is 0 Å². The molecule has 0 aromatic carbocycles. The van der Waals surface area contributed by atoms with Crippen molar-refractivity contribution in [2.75, 3.05) is 0 Å². The largest absolute Gasteiger partial charge is 0.480 e. The number of aliphatic carboxylic acids is 1. The molecule has 2 atom stereocenters. The molecule has 2 saturated heterocycles. The number of rotatable bonds is 3. The average molecular weight is 376 g/mol. The van der Waals surface area contributed by atoms with Crippen LogP contribution in [-0.2, 0) is 19.4 Å². The molecule has 1 amide bonds. The van der Waals surface area contributed by atoms with E-state index < -0.39 is 37.9 Å². The smallest absolute Gasteiger partial charge is 0.328 e. The summed E-state index contributed by atoms with van der Waals surface area (Å²) in [5.74, 6) is -1.90. The zero-order valence-electron chi connectivity index (χ0n) is 14.9. The number of carbonyl (C=O) groups excluding carboxylic acids is 1. The van der Waals surface area contributed by atoms with Crippen LogP contribution in [0.4, 0.5) is 0 Å². The lowest BCUT2D eigenvalue weighted by atomic mass is 9.91. The summed E-state index contributed by atoms with van der Waals surface area (Å²) in [5.41, 5.74) is 1.85. The van der Waals surface area contributed by atoms with E-state index in [0.29, 0.717) is 11.3 Å². The molecule has 3 rings (SSSR count). The summed E-state index contributed by atoms with van der Waals surface area (Å²) in [6.45, 7) is 6.37. The van der Waals surface area contributed by atoms with Crippen LogP contribution in [0.3, 0.4) is 0 Å². The predicted molar refractivity (Wildman–Crippen MR) is 95.6 cm³/mol. The average Bonchev–Trinajstić information content (AvgIpc) is 2.69. The van der Waals surface area contributed by atoms with Crippen molar-refractivity contribution in [3.63, 3.8) is 0 Å². The van der Waals surface area contributed by atoms with Crippen LogP contribution in [0, 0.1) is 0 Å². The van der Waals surface area contributed by atoms with Crippen LogP contribution in [0.2, 0.25) is 0 Å². The van der Waals surface area contributed by atoms with E-state index in [-0.39, 0.29) is 5.57 Å². The van der Waals surface area contributed by atoms with Crippen LogP contribution in [0.5, 0.6) is 0 Å². The third-order valence-electron chi connectivity index (χ3n) is 4.83. The number of hydrogen-bond acceptors (Lipinski definition) is 5. The Morgan fingerprint density at radius 2 is 1.96 bits per heavy atom. The van der Waals surface area contributed by atoms with Crippen molar-refractivity contribution in [1.82, 2.24) is 9.88 Å². The van der Waals surface area contributed by atoms with Crippen LogP contribution in [0.15, 0.2) is 41.6 Å². The van der Waals surface area contributed by atoms with E-state index in [2.05, 4.69) is 4.98 Å². The molecule has 1 unspecified atom stereocenters. The fraction of sp³-hybridized carbons (Fsp3) is 0.389. The summed E-state index contributed by atoms with van der Waals surface area (Å²) < 4.78 is 24.5. The Kier molecular flexibility index (Phi) is 4.06. The van der Waals surface area contributed by atoms with E-state index >= 15 is 0 Å². The minimum atomic E-state index is -3.92. The van der Waals surface area contributed by atoms with Gasteiger partial charge in [-0.3, -0.25) is 9.78 Å². The highest BCUT2D eigenvalue weighted by atomic mass is 32.2. The molecule has 138 valence electrons. The molecule has 0 radical (unpaired) electrons. The third-order valence-corrected chi connectivity index (χ3v) is 7.57. The molecule has 0 spiro atoms. The lowest BCUT2D eigenvalue weighted by molar-refractivity contribution is -0.152. The number of fused-ring (bicyclic) bond motifs is 1. The van der Waals surface area contributed by atoms with Gasteiger partial charge >= 0.3 is 5.97 Å². The van der Waals surface area contributed by atoms with Gasteiger partial charge in [-0.15, -0.1) is 0 Å². The Hall–Kier alpha value is -2.48. The number of carbonyl (C=O) groups is 2. The molecule has 1 aromatic rings. The summed E-state index contributed by atoms with van der Waals surface area (Å²) in [6.07, 6.45) is 3.27. The Morgan fingerprint density at radius 1 is 1.31 bits per heavy atom. The molecular formula is C18H20N2O5S. The number of carboxylic acid groups (broad SMARTS) is 1. The first-order valence-electron chi connectivity index (χ1n) is 8.11. The molecular weight excluding hydrogens is 356 g/mol. The van der Waals surface area contributed by atoms with Crippen molar-refractivity contribution in [2.24, 2.45) is 0 Å². The van der Waals surface area contributed by atoms with Crippen molar-refractivity contribution in [3.05, 3.63) is 47.3 Å². The number of carboxylic acids is 1. The summed E-state index contributed by atoms with van der Waals surface area (Å²) in [7, 11) is -3.92. The minimum Gasteiger partial charge on any atom is -0.480 e. The maximum atomic E-state index is 13.0. The lowest BCUT2D eigenvalue weighted by Gasteiger charge is -2.39. The van der Waals surface area contributed by atoms with Crippen molar-refractivity contribution < 1.29 is 23.1 Å². The van der Waals surface area contributed by atoms with Gasteiger partial charge in [-0.1, -0.05) is 17.7 Å². The standard InChI is InChI=1S/C18H20N2O5S/c1-10(2)9-11(12-7-5-6-8-19-12)13-15(21)20-14(17(22)23)18(3,4)26(24,25)16(13)20/h5-9,14,16H,1-4H3,(H,22,23)/b13-11-/t14-,16?/m0/s1. The molecule has 1 aromatic heterocycles. The first kappa shape index (κ1) is 18.3. The summed E-state index contributed by atoms with van der Waals surface area (Å²) in [4.78, 5) is 29.7. The number of hydrogen-bond donors (Lipinski definition) is 1. The van der Waals surface area contributed by atoms with Crippen molar-refractivity contribution in [3.8, 4) is 0 Å². The molecule has 8 heteroatoms. The van der Waals surface area contributed by atoms with Gasteiger partial charge in [0.15, 0.2) is 21.3 Å². The number of β-lactam (4-membered cyclic amide) rings is 1. The molecule has 26 heavy (non-hydrogen) atoms. The summed E-state index contributed by atoms with van der Waals surface area (Å²) in [5, 5.41) is 8.24. The van der Waals surface area contributed by atoms with Crippen LogP contribution >= 0.6 is 0 Å². The molecule has 7 nitrogen and oxygen atoms in total. The summed E-state index contributed by atoms with van der Waals surface area (Å²) in [6, 6.07) is 3.75. The number of pyridine rings is 1. The second-order valence-corrected chi connectivity index (χ2v) is 9.81. The highest BCUT2D eigenvalue weighted by molar-refractivity contribution is 7.94. The van der Waals surface area contributed by atoms with Crippen LogP contribution in [0.25, 0.3) is 5.57 Å². The maximum absolute atomic E-state index is 13.0. The highest BCUT2D eigenvalue weighted by Gasteiger charge is 2.70. The number of nitrogens with zero attached hydrogens (tertiary/aromatic N) is 2. The number of sulfone groups is 1. The molecule has 0 aliphatic carbocycles. The van der Waals surface area contributed by atoms with Gasteiger partial charge in [-0.25, -0.2) is 13.2 Å². The molecule has 3 heterocycles. The zero-order chi connectivity index (χ0) is 19.4. The van der Waals surface area contributed by atoms with Gasteiger partial charge in [0.05, 0.1) is 11.3 Å². The quantitative estimate of drug-likeness (QED) is 0.635. The molecule has 2 aliphatic rings. The van der Waals surface area contributed by atoms with Gasteiger partial charge < -0.3 is 10.0 Å². The first-order valence-corrected chi connectivity index (χ1v) is 9.66. The number of allylic oxidation sites excluding steroid dienone is 3. The van der Waals surface area contributed by atoms with Gasteiger partial charge in [0, 0.05) is 11.8 Å². The maximum Gasteiger partial charge on any atom is 0.328 e. The first-order chi connectivity index (χ1) is 12.0. The van der Waals surface area contributed by atoms with Gasteiger partial charge in [0.2, 0.25) is 0 Å². The lowest BCUT2D eigenvalue weighted by Crippen LogP contribution is -2.59. The number of amides is 1. The van der Waals surface area contributed by atoms with Crippen LogP contribution < -0.4 is 0 Å². The monoisotopic (exact) mass is 376 g/mol. The Balaban J connectivity index is 2.27. The van der Waals surface area contributed by atoms with Gasteiger partial charge in [0.25, 0.3) is 5.91 Å². The van der Waals surface area contributed by atoms with E-state index in [0.717, 1.165) is 10.5 Å². The molecule has 2 fully saturated rings. The highest BCUT2D eigenvalue weighted by Crippen LogP contribution is 2.50. The molecule has 0 saturated carbocycles. The second-order valence-electron chi connectivity index (χ2n) is 7.22. The van der Waals surface area contributed by atoms with Crippen LogP contribution in [-0.4, -0.2) is 51.4 Å². The third kappa shape index (κ3) is 2.32. The van der Waals surface area contributed by atoms with E-state index in [9.17, 15) is 23.1 Å². The van der Waals surface area contributed by atoms with Gasteiger partial charge in [0.1, 0.15) is 4.75 Å². The van der Waals surface area contributed by atoms with Crippen molar-refractivity contribution in [2.45, 2.75) is 43.9 Å². The van der Waals surface area contributed by atoms with Crippen molar-refractivity contribution >= 4 is 27.3 Å². The van der Waals surface area contributed by atoms with E-state index in [1.54, 1.807) is 30.5 Å². The molecule has 2 aliphatic heterocycles. The summed E-state index contributed by atoms with van der Waals surface area (Å²) >= 11 is 0. The Labute approximate surface area is 152 Å². The topological polar surface area (TPSA) is 105 Å². The predicted octanol–water partition coefficient (Wildman–Crippen LogP) is 1.63. The van der Waals surface area contributed by atoms with E-state index in [1.165, 1.54) is 13.8 Å². The van der Waals surface area contributed by atoms with E-state index in [1.807, 2.05) is 13.8 Å². The normalized spacial score (nSPS) is 27.4. The Morgan fingerprint density at radius 3 is 2.46 bits per heavy atom. The molecule has 0 bridgehead atoms. The fourth-order valence-electron chi connectivity index (χ4n) is 3.52. The van der Waals surface area contributed by atoms with E-state index in [4.69, 9.17) is 0 Å². The fourth-order valence-corrected chi connectivity index (χ4v) is 5.68. The SMILES string of the molecule is CC(C)=C/C(=C1\C(=O)N2C1S(=O)(=O)C(C)(C)[C@@H]2C(=O)O)c1ccccn1. The zero-order valence-corrected chi connectivity index (χ0v) is 15.7. The Bertz CT molecular complexity index is 957.